The minimum absolute atomic E-state index is 0.0707. The van der Waals surface area contributed by atoms with E-state index >= 15 is 0 Å². The highest BCUT2D eigenvalue weighted by atomic mass is 16.5. The molecule has 6 bridgehead atoms. The lowest BCUT2D eigenvalue weighted by molar-refractivity contribution is 0.396. The Morgan fingerprint density at radius 2 is 0.614 bits per heavy atom. The van der Waals surface area contributed by atoms with Crippen molar-refractivity contribution < 1.29 is 44.8 Å². The number of aryl methyl sites for hydroxylation is 3. The van der Waals surface area contributed by atoms with E-state index in [1.165, 1.54) is 0 Å². The van der Waals surface area contributed by atoms with Gasteiger partial charge in [-0.05, 0) is 127 Å². The predicted molar refractivity (Wildman–Crippen MR) is 219 cm³/mol. The molecule has 0 heterocycles. The van der Waals surface area contributed by atoms with Crippen molar-refractivity contribution in [3.63, 3.8) is 0 Å². The van der Waals surface area contributed by atoms with Crippen LogP contribution in [-0.2, 0) is 19.3 Å². The molecule has 1 aliphatic carbocycles. The van der Waals surface area contributed by atoms with E-state index in [1.54, 1.807) is 75.9 Å². The topological polar surface area (TPSA) is 149 Å². The first-order valence-corrected chi connectivity index (χ1v) is 19.1. The lowest BCUT2D eigenvalue weighted by Gasteiger charge is -2.26. The van der Waals surface area contributed by atoms with Crippen molar-refractivity contribution in [2.75, 3.05) is 21.3 Å². The largest absolute Gasteiger partial charge is 0.508 e. The van der Waals surface area contributed by atoms with Crippen molar-refractivity contribution in [3.8, 4) is 51.7 Å². The van der Waals surface area contributed by atoms with Gasteiger partial charge in [0, 0.05) is 52.6 Å². The van der Waals surface area contributed by atoms with Crippen molar-refractivity contribution in [2.45, 2.75) is 56.3 Å². The molecule has 0 aliphatic heterocycles. The fraction of sp³-hybridized carbons (Fsp3) is 0.250. The molecule has 57 heavy (non-hydrogen) atoms. The standard InChI is InChI=1S/C48H48O9/c1-55-46-25-43(52)40-22-31(46)10-19-37(28-4-13-34(49)14-5-28)41-23-33(47(56-2)26-44(41)53)12-21-39(30-8-17-36(51)18-9-30)42-24-32(48(57-3)27-45(42)54)11-20-38(40)29-6-15-35(50)16-7-29/h4-9,13-18,22-27,37-39,49-54H,10-12,19-21H2,1-3H3/t37-,38-,39+/m1/s1. The van der Waals surface area contributed by atoms with Crippen molar-refractivity contribution >= 4 is 0 Å². The zero-order valence-corrected chi connectivity index (χ0v) is 32.3. The number of benzene rings is 6. The third kappa shape index (κ3) is 8.24. The molecular weight excluding hydrogens is 721 g/mol. The SMILES string of the molecule is COc1cc(O)c2cc1CC[C@H](c1ccc(O)cc1)c1cc(c(OC)cc1O)CC[C@@H](c1ccc(O)cc1)c1cc(c(OC)cc1O)CC[C@@H]2c1ccc(O)cc1. The van der Waals surface area contributed by atoms with E-state index in [2.05, 4.69) is 0 Å². The maximum atomic E-state index is 11.6. The highest BCUT2D eigenvalue weighted by Crippen LogP contribution is 2.46. The zero-order chi connectivity index (χ0) is 40.2. The summed E-state index contributed by atoms with van der Waals surface area (Å²) in [5.74, 6) is 1.26. The highest BCUT2D eigenvalue weighted by Gasteiger charge is 2.27. The van der Waals surface area contributed by atoms with Gasteiger partial charge < -0.3 is 44.8 Å². The summed E-state index contributed by atoms with van der Waals surface area (Å²) in [5.41, 5.74) is 7.36. The molecule has 0 amide bonds. The molecule has 7 rings (SSSR count). The fourth-order valence-electron chi connectivity index (χ4n) is 8.42. The highest BCUT2D eigenvalue weighted by molar-refractivity contribution is 5.55. The van der Waals surface area contributed by atoms with Gasteiger partial charge in [0.05, 0.1) is 21.3 Å². The van der Waals surface area contributed by atoms with Gasteiger partial charge in [0.2, 0.25) is 0 Å². The maximum absolute atomic E-state index is 11.6. The molecule has 0 spiro atoms. The van der Waals surface area contributed by atoms with Crippen LogP contribution < -0.4 is 14.2 Å². The Kier molecular flexibility index (Phi) is 11.4. The van der Waals surface area contributed by atoms with Gasteiger partial charge in [-0.2, -0.15) is 0 Å². The van der Waals surface area contributed by atoms with Gasteiger partial charge in [0.25, 0.3) is 0 Å². The van der Waals surface area contributed by atoms with Gasteiger partial charge in [-0.1, -0.05) is 36.4 Å². The summed E-state index contributed by atoms with van der Waals surface area (Å²) in [5, 5.41) is 65.6. The number of rotatable bonds is 6. The van der Waals surface area contributed by atoms with Gasteiger partial charge in [0.1, 0.15) is 51.7 Å². The number of phenolic OH excluding ortho intramolecular Hbond substituents is 6. The second kappa shape index (κ2) is 16.7. The van der Waals surface area contributed by atoms with Crippen molar-refractivity contribution in [1.29, 1.82) is 0 Å². The molecular formula is C48H48O9. The molecule has 0 saturated heterocycles. The van der Waals surface area contributed by atoms with Crippen LogP contribution in [0.5, 0.6) is 51.7 Å². The number of hydrogen-bond acceptors (Lipinski definition) is 9. The lowest BCUT2D eigenvalue weighted by atomic mass is 9.80. The average molecular weight is 769 g/mol. The van der Waals surface area contributed by atoms with Crippen LogP contribution in [0, 0.1) is 0 Å². The summed E-state index contributed by atoms with van der Waals surface area (Å²) in [6.07, 6.45) is 3.18. The van der Waals surface area contributed by atoms with Crippen LogP contribution in [0.25, 0.3) is 0 Å². The van der Waals surface area contributed by atoms with Gasteiger partial charge in [-0.15, -0.1) is 0 Å². The van der Waals surface area contributed by atoms with Crippen molar-refractivity contribution in [3.05, 3.63) is 159 Å². The first-order valence-electron chi connectivity index (χ1n) is 19.1. The molecule has 1 aliphatic rings. The van der Waals surface area contributed by atoms with E-state index in [9.17, 15) is 30.6 Å². The van der Waals surface area contributed by atoms with Crippen LogP contribution in [-0.4, -0.2) is 52.0 Å². The third-order valence-electron chi connectivity index (χ3n) is 11.4. The zero-order valence-electron chi connectivity index (χ0n) is 32.3. The Bertz CT molecular complexity index is 2070. The second-order valence-corrected chi connectivity index (χ2v) is 14.7. The van der Waals surface area contributed by atoms with Crippen molar-refractivity contribution in [1.82, 2.24) is 0 Å². The van der Waals surface area contributed by atoms with Gasteiger partial charge in [-0.3, -0.25) is 0 Å². The lowest BCUT2D eigenvalue weighted by Crippen LogP contribution is -2.10. The molecule has 0 fully saturated rings. The average Bonchev–Trinajstić information content (AvgIpc) is 3.21. The molecule has 6 N–H and O–H groups in total. The van der Waals surface area contributed by atoms with E-state index in [4.69, 9.17) is 14.2 Å². The molecule has 9 heteroatoms. The molecule has 0 saturated carbocycles. The van der Waals surface area contributed by atoms with E-state index in [0.717, 1.165) is 33.4 Å². The number of methoxy groups -OCH3 is 3. The van der Waals surface area contributed by atoms with E-state index < -0.39 is 0 Å². The minimum Gasteiger partial charge on any atom is -0.508 e. The van der Waals surface area contributed by atoms with E-state index in [0.29, 0.717) is 72.5 Å². The maximum Gasteiger partial charge on any atom is 0.125 e. The number of aromatic hydroxyl groups is 6. The molecule has 6 aromatic carbocycles. The summed E-state index contributed by atoms with van der Waals surface area (Å²) in [6.45, 7) is 0. The summed E-state index contributed by atoms with van der Waals surface area (Å²) < 4.78 is 17.5. The number of phenols is 6. The van der Waals surface area contributed by atoms with Crippen LogP contribution in [0.1, 0.15) is 87.1 Å². The Balaban J connectivity index is 1.46. The Morgan fingerprint density at radius 3 is 0.842 bits per heavy atom. The van der Waals surface area contributed by atoms with E-state index in [1.807, 2.05) is 54.6 Å². The van der Waals surface area contributed by atoms with Crippen LogP contribution in [0.2, 0.25) is 0 Å². The smallest absolute Gasteiger partial charge is 0.125 e. The number of ether oxygens (including phenoxy) is 3. The molecule has 6 aromatic rings. The summed E-state index contributed by atoms with van der Waals surface area (Å²) in [7, 11) is 4.73. The van der Waals surface area contributed by atoms with Crippen LogP contribution in [0.3, 0.4) is 0 Å². The van der Waals surface area contributed by atoms with Gasteiger partial charge >= 0.3 is 0 Å². The Labute approximate surface area is 332 Å². The monoisotopic (exact) mass is 768 g/mol. The normalized spacial score (nSPS) is 17.2. The van der Waals surface area contributed by atoms with E-state index in [-0.39, 0.29) is 52.3 Å². The van der Waals surface area contributed by atoms with Crippen LogP contribution in [0.15, 0.2) is 109 Å². The fourth-order valence-corrected chi connectivity index (χ4v) is 8.42. The molecule has 0 aromatic heterocycles. The summed E-state index contributed by atoms with van der Waals surface area (Å²) in [4.78, 5) is 0. The second-order valence-electron chi connectivity index (χ2n) is 14.7. The van der Waals surface area contributed by atoms with Gasteiger partial charge in [0.15, 0.2) is 0 Å². The van der Waals surface area contributed by atoms with Crippen molar-refractivity contribution in [2.24, 2.45) is 0 Å². The third-order valence-corrected chi connectivity index (χ3v) is 11.4. The number of hydrogen-bond donors (Lipinski definition) is 6. The summed E-state index contributed by atoms with van der Waals surface area (Å²) >= 11 is 0. The first-order chi connectivity index (χ1) is 27.6. The van der Waals surface area contributed by atoms with Crippen LogP contribution in [0.4, 0.5) is 0 Å². The molecule has 0 radical (unpaired) electrons. The minimum atomic E-state index is -0.315. The van der Waals surface area contributed by atoms with Crippen LogP contribution >= 0.6 is 0 Å². The summed E-state index contributed by atoms with van der Waals surface area (Å²) in [6, 6.07) is 31.9. The predicted octanol–water partition coefficient (Wildman–Crippen LogP) is 9.55. The molecule has 0 unspecified atom stereocenters. The Morgan fingerprint density at radius 1 is 0.368 bits per heavy atom. The quantitative estimate of drug-likeness (QED) is 0.0974. The first kappa shape index (κ1) is 38.8. The van der Waals surface area contributed by atoms with Gasteiger partial charge in [-0.25, -0.2) is 0 Å². The Hall–Kier alpha value is -6.48. The number of fused-ring (bicyclic) bond motifs is 6. The molecule has 3 atom stereocenters. The molecule has 9 nitrogen and oxygen atoms in total. The molecule has 294 valence electrons.